The molecule has 0 amide bonds. The van der Waals surface area contributed by atoms with E-state index in [1.54, 1.807) is 6.92 Å². The third-order valence-corrected chi connectivity index (χ3v) is 2.59. The van der Waals surface area contributed by atoms with E-state index in [0.29, 0.717) is 0 Å². The van der Waals surface area contributed by atoms with Gasteiger partial charge in [0.1, 0.15) is 0 Å². The highest BCUT2D eigenvalue weighted by Gasteiger charge is 2.23. The highest BCUT2D eigenvalue weighted by atomic mass is 16.4. The van der Waals surface area contributed by atoms with Crippen molar-refractivity contribution in [2.75, 3.05) is 6.54 Å². The molecule has 70 valence electrons. The van der Waals surface area contributed by atoms with Crippen molar-refractivity contribution in [1.29, 1.82) is 0 Å². The molecule has 3 nitrogen and oxygen atoms in total. The highest BCUT2D eigenvalue weighted by molar-refractivity contribution is 5.70. The first-order valence-corrected chi connectivity index (χ1v) is 4.68. The molecule has 1 heterocycles. The van der Waals surface area contributed by atoms with Crippen LogP contribution < -0.4 is 5.32 Å². The number of carbonyl (C=O) groups is 1. The summed E-state index contributed by atoms with van der Waals surface area (Å²) < 4.78 is 0. The van der Waals surface area contributed by atoms with Gasteiger partial charge in [-0.1, -0.05) is 19.8 Å². The van der Waals surface area contributed by atoms with Crippen LogP contribution in [0.1, 0.15) is 32.6 Å². The Labute approximate surface area is 73.2 Å². The summed E-state index contributed by atoms with van der Waals surface area (Å²) in [5.74, 6) is -0.933. The largest absolute Gasteiger partial charge is 0.481 e. The molecule has 0 aromatic carbocycles. The van der Waals surface area contributed by atoms with E-state index in [4.69, 9.17) is 5.11 Å². The maximum Gasteiger partial charge on any atom is 0.307 e. The van der Waals surface area contributed by atoms with Gasteiger partial charge in [-0.2, -0.15) is 0 Å². The molecule has 1 aliphatic rings. The third kappa shape index (κ3) is 2.48. The van der Waals surface area contributed by atoms with E-state index in [1.807, 2.05) is 0 Å². The van der Waals surface area contributed by atoms with Crippen LogP contribution in [0, 0.1) is 5.92 Å². The van der Waals surface area contributed by atoms with Crippen LogP contribution in [0.2, 0.25) is 0 Å². The molecular weight excluding hydrogens is 154 g/mol. The first-order chi connectivity index (χ1) is 5.72. The molecule has 0 aromatic rings. The number of carboxylic acid groups (broad SMARTS) is 1. The van der Waals surface area contributed by atoms with Gasteiger partial charge in [-0.05, 0) is 19.4 Å². The molecule has 1 aliphatic heterocycles. The second-order valence-electron chi connectivity index (χ2n) is 3.54. The van der Waals surface area contributed by atoms with Gasteiger partial charge in [0.05, 0.1) is 5.92 Å². The van der Waals surface area contributed by atoms with Crippen molar-refractivity contribution in [2.45, 2.75) is 38.6 Å². The van der Waals surface area contributed by atoms with Crippen LogP contribution in [0.5, 0.6) is 0 Å². The Balaban J connectivity index is 2.42. The van der Waals surface area contributed by atoms with E-state index >= 15 is 0 Å². The lowest BCUT2D eigenvalue weighted by atomic mass is 9.98. The fourth-order valence-corrected chi connectivity index (χ4v) is 1.65. The predicted molar refractivity (Wildman–Crippen MR) is 47.1 cm³/mol. The van der Waals surface area contributed by atoms with Crippen LogP contribution >= 0.6 is 0 Å². The Hall–Kier alpha value is -0.570. The van der Waals surface area contributed by atoms with Gasteiger partial charge in [0.2, 0.25) is 0 Å². The molecule has 0 unspecified atom stereocenters. The topological polar surface area (TPSA) is 49.3 Å². The zero-order chi connectivity index (χ0) is 8.97. The van der Waals surface area contributed by atoms with Crippen LogP contribution in [0.3, 0.4) is 0 Å². The summed E-state index contributed by atoms with van der Waals surface area (Å²) in [4.78, 5) is 10.7. The molecule has 3 heteroatoms. The molecular formula is C9H17NO2. The summed E-state index contributed by atoms with van der Waals surface area (Å²) in [5, 5.41) is 12.1. The standard InChI is InChI=1S/C9H17NO2/c1-7(9(11)12)8-5-3-2-4-6-10-8/h7-8,10H,2-6H2,1H3,(H,11,12)/t7-,8-/m1/s1. The second kappa shape index (κ2) is 4.45. The lowest BCUT2D eigenvalue weighted by Crippen LogP contribution is -2.37. The summed E-state index contributed by atoms with van der Waals surface area (Å²) >= 11 is 0. The molecule has 12 heavy (non-hydrogen) atoms. The molecule has 0 spiro atoms. The highest BCUT2D eigenvalue weighted by Crippen LogP contribution is 2.15. The number of aliphatic carboxylic acids is 1. The average molecular weight is 171 g/mol. The Bertz CT molecular complexity index is 151. The van der Waals surface area contributed by atoms with E-state index in [0.717, 1.165) is 19.4 Å². The van der Waals surface area contributed by atoms with E-state index < -0.39 is 5.97 Å². The zero-order valence-corrected chi connectivity index (χ0v) is 7.55. The SMILES string of the molecule is C[C@@H](C(=O)O)[C@H]1CCCCCN1. The minimum Gasteiger partial charge on any atom is -0.481 e. The molecule has 0 bridgehead atoms. The van der Waals surface area contributed by atoms with Gasteiger partial charge in [-0.25, -0.2) is 0 Å². The number of carboxylic acids is 1. The monoisotopic (exact) mass is 171 g/mol. The number of nitrogens with one attached hydrogen (secondary N) is 1. The van der Waals surface area contributed by atoms with Crippen LogP contribution in [0.4, 0.5) is 0 Å². The number of hydrogen-bond donors (Lipinski definition) is 2. The van der Waals surface area contributed by atoms with Gasteiger partial charge in [0.15, 0.2) is 0 Å². The number of rotatable bonds is 2. The van der Waals surface area contributed by atoms with Crippen molar-refractivity contribution in [2.24, 2.45) is 5.92 Å². The summed E-state index contributed by atoms with van der Waals surface area (Å²) in [6.07, 6.45) is 4.58. The summed E-state index contributed by atoms with van der Waals surface area (Å²) in [7, 11) is 0. The maximum absolute atomic E-state index is 10.7. The van der Waals surface area contributed by atoms with Gasteiger partial charge in [0.25, 0.3) is 0 Å². The van der Waals surface area contributed by atoms with E-state index in [-0.39, 0.29) is 12.0 Å². The number of hydrogen-bond acceptors (Lipinski definition) is 2. The van der Waals surface area contributed by atoms with Crippen molar-refractivity contribution in [1.82, 2.24) is 5.32 Å². The van der Waals surface area contributed by atoms with Gasteiger partial charge >= 0.3 is 5.97 Å². The molecule has 0 aliphatic carbocycles. The molecule has 2 N–H and O–H groups in total. The average Bonchev–Trinajstić information content (AvgIpc) is 2.30. The normalized spacial score (nSPS) is 27.6. The van der Waals surface area contributed by atoms with E-state index in [2.05, 4.69) is 5.32 Å². The van der Waals surface area contributed by atoms with Crippen molar-refractivity contribution in [3.63, 3.8) is 0 Å². The lowest BCUT2D eigenvalue weighted by molar-refractivity contribution is -0.142. The molecule has 0 radical (unpaired) electrons. The first-order valence-electron chi connectivity index (χ1n) is 4.68. The Kier molecular flexibility index (Phi) is 3.53. The van der Waals surface area contributed by atoms with Crippen molar-refractivity contribution in [3.05, 3.63) is 0 Å². The van der Waals surface area contributed by atoms with Crippen molar-refractivity contribution >= 4 is 5.97 Å². The Morgan fingerprint density at radius 1 is 1.50 bits per heavy atom. The molecule has 1 saturated heterocycles. The van der Waals surface area contributed by atoms with Crippen LogP contribution in [-0.4, -0.2) is 23.7 Å². The third-order valence-electron chi connectivity index (χ3n) is 2.59. The van der Waals surface area contributed by atoms with Gasteiger partial charge in [-0.15, -0.1) is 0 Å². The molecule has 0 aromatic heterocycles. The quantitative estimate of drug-likeness (QED) is 0.657. The summed E-state index contributed by atoms with van der Waals surface area (Å²) in [5.41, 5.74) is 0. The fourth-order valence-electron chi connectivity index (χ4n) is 1.65. The van der Waals surface area contributed by atoms with E-state index in [9.17, 15) is 4.79 Å². The Morgan fingerprint density at radius 2 is 2.25 bits per heavy atom. The van der Waals surface area contributed by atoms with Crippen molar-refractivity contribution < 1.29 is 9.90 Å². The van der Waals surface area contributed by atoms with Crippen LogP contribution in [0.15, 0.2) is 0 Å². The molecule has 1 fully saturated rings. The lowest BCUT2D eigenvalue weighted by Gasteiger charge is -2.19. The first kappa shape index (κ1) is 9.52. The maximum atomic E-state index is 10.7. The van der Waals surface area contributed by atoms with Crippen molar-refractivity contribution in [3.8, 4) is 0 Å². The van der Waals surface area contributed by atoms with Crippen LogP contribution in [-0.2, 0) is 4.79 Å². The predicted octanol–water partition coefficient (Wildman–Crippen LogP) is 1.24. The molecule has 2 atom stereocenters. The van der Waals surface area contributed by atoms with Gasteiger partial charge in [0, 0.05) is 6.04 Å². The minimum atomic E-state index is -0.686. The fraction of sp³-hybridized carbons (Fsp3) is 0.889. The summed E-state index contributed by atoms with van der Waals surface area (Å²) in [6, 6.07) is 0.185. The van der Waals surface area contributed by atoms with Gasteiger partial charge < -0.3 is 10.4 Å². The smallest absolute Gasteiger partial charge is 0.307 e. The summed E-state index contributed by atoms with van der Waals surface area (Å²) in [6.45, 7) is 2.76. The van der Waals surface area contributed by atoms with Crippen LogP contribution in [0.25, 0.3) is 0 Å². The minimum absolute atomic E-state index is 0.185. The molecule has 0 saturated carbocycles. The zero-order valence-electron chi connectivity index (χ0n) is 7.55. The second-order valence-corrected chi connectivity index (χ2v) is 3.54. The Morgan fingerprint density at radius 3 is 2.92 bits per heavy atom. The van der Waals surface area contributed by atoms with E-state index in [1.165, 1.54) is 12.8 Å². The molecule has 1 rings (SSSR count). The van der Waals surface area contributed by atoms with Gasteiger partial charge in [-0.3, -0.25) is 4.79 Å².